The maximum absolute atomic E-state index is 6.01. The van der Waals surface area contributed by atoms with Crippen molar-refractivity contribution in [2.24, 2.45) is 5.92 Å². The van der Waals surface area contributed by atoms with E-state index in [1.165, 1.54) is 49.8 Å². The standard InChI is InChI=1S/C17H25N3/c1-14-6-11-19(12-7-14)9-3-10-20-13-8-15-16(18)4-2-5-17(15)20/h2,4-5,8,13-14H,3,6-7,9-12,18H2,1H3. The molecule has 20 heavy (non-hydrogen) atoms. The van der Waals surface area contributed by atoms with E-state index in [-0.39, 0.29) is 0 Å². The Morgan fingerprint density at radius 2 is 1.95 bits per heavy atom. The summed E-state index contributed by atoms with van der Waals surface area (Å²) in [6.45, 7) is 7.22. The lowest BCUT2D eigenvalue weighted by molar-refractivity contribution is 0.188. The molecule has 2 aromatic rings. The van der Waals surface area contributed by atoms with Gasteiger partial charge in [-0.3, -0.25) is 0 Å². The molecule has 108 valence electrons. The molecule has 0 amide bonds. The van der Waals surface area contributed by atoms with Gasteiger partial charge in [-0.05, 0) is 63.0 Å². The first-order valence-corrected chi connectivity index (χ1v) is 7.80. The lowest BCUT2D eigenvalue weighted by atomic mass is 9.99. The van der Waals surface area contributed by atoms with Gasteiger partial charge in [-0.15, -0.1) is 0 Å². The number of rotatable bonds is 4. The summed E-state index contributed by atoms with van der Waals surface area (Å²) < 4.78 is 2.33. The van der Waals surface area contributed by atoms with Crippen molar-refractivity contribution < 1.29 is 0 Å². The molecule has 0 aliphatic carbocycles. The number of aryl methyl sites for hydroxylation is 1. The van der Waals surface area contributed by atoms with E-state index in [4.69, 9.17) is 5.73 Å². The van der Waals surface area contributed by atoms with E-state index in [9.17, 15) is 0 Å². The topological polar surface area (TPSA) is 34.2 Å². The predicted molar refractivity (Wildman–Crippen MR) is 85.8 cm³/mol. The average Bonchev–Trinajstić information content (AvgIpc) is 2.86. The van der Waals surface area contributed by atoms with Gasteiger partial charge in [0.25, 0.3) is 0 Å². The van der Waals surface area contributed by atoms with Crippen LogP contribution < -0.4 is 5.73 Å². The molecule has 2 heterocycles. The third-order valence-electron chi connectivity index (χ3n) is 4.60. The summed E-state index contributed by atoms with van der Waals surface area (Å²) in [7, 11) is 0. The lowest BCUT2D eigenvalue weighted by Gasteiger charge is -2.30. The van der Waals surface area contributed by atoms with Gasteiger partial charge in [0.05, 0.1) is 5.52 Å². The summed E-state index contributed by atoms with van der Waals surface area (Å²) in [6, 6.07) is 8.31. The second kappa shape index (κ2) is 5.88. The molecule has 3 rings (SSSR count). The summed E-state index contributed by atoms with van der Waals surface area (Å²) in [5.74, 6) is 0.919. The van der Waals surface area contributed by atoms with Gasteiger partial charge in [-0.2, -0.15) is 0 Å². The minimum absolute atomic E-state index is 0.881. The summed E-state index contributed by atoms with van der Waals surface area (Å²) in [5.41, 5.74) is 8.15. The van der Waals surface area contributed by atoms with Gasteiger partial charge in [0.1, 0.15) is 0 Å². The first-order valence-electron chi connectivity index (χ1n) is 7.80. The van der Waals surface area contributed by atoms with Crippen molar-refractivity contribution >= 4 is 16.6 Å². The molecule has 1 fully saturated rings. The maximum atomic E-state index is 6.01. The maximum Gasteiger partial charge on any atom is 0.0501 e. The third kappa shape index (κ3) is 2.83. The number of hydrogen-bond donors (Lipinski definition) is 1. The molecule has 0 unspecified atom stereocenters. The van der Waals surface area contributed by atoms with Crippen LogP contribution >= 0.6 is 0 Å². The van der Waals surface area contributed by atoms with Crippen LogP contribution in [0.3, 0.4) is 0 Å². The molecule has 1 aromatic carbocycles. The highest BCUT2D eigenvalue weighted by Crippen LogP contribution is 2.22. The zero-order valence-corrected chi connectivity index (χ0v) is 12.4. The predicted octanol–water partition coefficient (Wildman–Crippen LogP) is 3.35. The smallest absolute Gasteiger partial charge is 0.0501 e. The van der Waals surface area contributed by atoms with Crippen LogP contribution in [0.4, 0.5) is 5.69 Å². The molecule has 3 heteroatoms. The molecule has 0 spiro atoms. The molecule has 0 radical (unpaired) electrons. The van der Waals surface area contributed by atoms with Gasteiger partial charge < -0.3 is 15.2 Å². The SMILES string of the molecule is CC1CCN(CCCn2ccc3c(N)cccc32)CC1. The van der Waals surface area contributed by atoms with Gasteiger partial charge in [-0.1, -0.05) is 13.0 Å². The van der Waals surface area contributed by atoms with Crippen molar-refractivity contribution in [1.29, 1.82) is 0 Å². The Morgan fingerprint density at radius 1 is 1.15 bits per heavy atom. The monoisotopic (exact) mass is 271 g/mol. The molecule has 1 aliphatic rings. The Balaban J connectivity index is 1.56. The minimum atomic E-state index is 0.881. The van der Waals surface area contributed by atoms with Crippen LogP contribution in [0.25, 0.3) is 10.9 Å². The van der Waals surface area contributed by atoms with Crippen molar-refractivity contribution in [3.63, 3.8) is 0 Å². The largest absolute Gasteiger partial charge is 0.398 e. The van der Waals surface area contributed by atoms with Crippen LogP contribution in [0.2, 0.25) is 0 Å². The number of aromatic nitrogens is 1. The fourth-order valence-electron chi connectivity index (χ4n) is 3.19. The number of hydrogen-bond acceptors (Lipinski definition) is 2. The first kappa shape index (κ1) is 13.5. The summed E-state index contributed by atoms with van der Waals surface area (Å²) >= 11 is 0. The number of benzene rings is 1. The zero-order chi connectivity index (χ0) is 13.9. The van der Waals surface area contributed by atoms with E-state index in [2.05, 4.69) is 34.7 Å². The lowest BCUT2D eigenvalue weighted by Crippen LogP contribution is -2.33. The van der Waals surface area contributed by atoms with Gasteiger partial charge in [0.2, 0.25) is 0 Å². The van der Waals surface area contributed by atoms with E-state index in [1.807, 2.05) is 12.1 Å². The second-order valence-electron chi connectivity index (χ2n) is 6.17. The van der Waals surface area contributed by atoms with Crippen molar-refractivity contribution in [2.45, 2.75) is 32.7 Å². The number of nitrogens with zero attached hydrogens (tertiary/aromatic N) is 2. The average molecular weight is 271 g/mol. The van der Waals surface area contributed by atoms with Crippen molar-refractivity contribution in [3.8, 4) is 0 Å². The number of likely N-dealkylation sites (tertiary alicyclic amines) is 1. The van der Waals surface area contributed by atoms with Crippen LogP contribution in [0, 0.1) is 5.92 Å². The Bertz CT molecular complexity index is 565. The van der Waals surface area contributed by atoms with Crippen LogP contribution in [0.5, 0.6) is 0 Å². The molecule has 2 N–H and O–H groups in total. The highest BCUT2D eigenvalue weighted by molar-refractivity contribution is 5.91. The number of nitrogen functional groups attached to an aromatic ring is 1. The minimum Gasteiger partial charge on any atom is -0.398 e. The molecule has 1 aromatic heterocycles. The molecule has 0 bridgehead atoms. The Kier molecular flexibility index (Phi) is 3.97. The van der Waals surface area contributed by atoms with Crippen LogP contribution in [0.15, 0.2) is 30.5 Å². The Labute approximate surface area is 121 Å². The van der Waals surface area contributed by atoms with Crippen molar-refractivity contribution in [2.75, 3.05) is 25.4 Å². The van der Waals surface area contributed by atoms with E-state index in [0.29, 0.717) is 0 Å². The van der Waals surface area contributed by atoms with Gasteiger partial charge in [0.15, 0.2) is 0 Å². The fraction of sp³-hybridized carbons (Fsp3) is 0.529. The Hall–Kier alpha value is -1.48. The number of anilines is 1. The molecule has 1 aliphatic heterocycles. The number of fused-ring (bicyclic) bond motifs is 1. The fourth-order valence-corrected chi connectivity index (χ4v) is 3.19. The van der Waals surface area contributed by atoms with Crippen molar-refractivity contribution in [3.05, 3.63) is 30.5 Å². The molecule has 1 saturated heterocycles. The highest BCUT2D eigenvalue weighted by atomic mass is 15.1. The first-order chi connectivity index (χ1) is 9.74. The van der Waals surface area contributed by atoms with E-state index in [1.54, 1.807) is 0 Å². The molecule has 3 nitrogen and oxygen atoms in total. The summed E-state index contributed by atoms with van der Waals surface area (Å²) in [5, 5.41) is 1.18. The number of piperidine rings is 1. The zero-order valence-electron chi connectivity index (χ0n) is 12.4. The highest BCUT2D eigenvalue weighted by Gasteiger charge is 2.14. The quantitative estimate of drug-likeness (QED) is 0.865. The Morgan fingerprint density at radius 3 is 2.75 bits per heavy atom. The molecule has 0 atom stereocenters. The van der Waals surface area contributed by atoms with Gasteiger partial charge in [-0.25, -0.2) is 0 Å². The van der Waals surface area contributed by atoms with Crippen LogP contribution in [0.1, 0.15) is 26.2 Å². The summed E-state index contributed by atoms with van der Waals surface area (Å²) in [6.07, 6.45) is 6.11. The second-order valence-corrected chi connectivity index (χ2v) is 6.17. The van der Waals surface area contributed by atoms with Gasteiger partial charge in [0, 0.05) is 23.8 Å². The van der Waals surface area contributed by atoms with E-state index < -0.39 is 0 Å². The summed E-state index contributed by atoms with van der Waals surface area (Å²) in [4.78, 5) is 2.61. The number of nitrogens with two attached hydrogens (primary N) is 1. The van der Waals surface area contributed by atoms with Crippen molar-refractivity contribution in [1.82, 2.24) is 9.47 Å². The van der Waals surface area contributed by atoms with Gasteiger partial charge >= 0.3 is 0 Å². The van der Waals surface area contributed by atoms with Crippen LogP contribution in [-0.4, -0.2) is 29.1 Å². The van der Waals surface area contributed by atoms with Crippen LogP contribution in [-0.2, 0) is 6.54 Å². The molecule has 0 saturated carbocycles. The van der Waals surface area contributed by atoms with E-state index >= 15 is 0 Å². The molecular weight excluding hydrogens is 246 g/mol. The normalized spacial score (nSPS) is 17.9. The third-order valence-corrected chi connectivity index (χ3v) is 4.60. The van der Waals surface area contributed by atoms with E-state index in [0.717, 1.165) is 18.2 Å². The molecular formula is C17H25N3.